The van der Waals surface area contributed by atoms with Gasteiger partial charge in [0.05, 0.1) is 19.0 Å². The Labute approximate surface area is 230 Å². The number of methoxy groups -OCH3 is 1. The van der Waals surface area contributed by atoms with Crippen molar-refractivity contribution in [2.45, 2.75) is 98.8 Å². The van der Waals surface area contributed by atoms with Crippen LogP contribution in [0.2, 0.25) is 0 Å². The van der Waals surface area contributed by atoms with Crippen LogP contribution in [-0.2, 0) is 26.0 Å². The topological polar surface area (TPSA) is 78.3 Å². The standard InChI is InChI=1S/C31H48N2O4S/c1-20(2)8-7-9-21(3)25-12-13-26-24-11-10-23-16-28-22(17-31(23,5)27(24)14-15-30(25,26)4)18-32-33(28)38(35,36)19-29(34)37-6/h16,18,20-21,24-27H,7-15,17,19H2,1-6H3/t21-,24?,25-,26?,27?,30-,31+/m1/s1. The number of aromatic nitrogens is 2. The molecule has 1 aromatic rings. The molecule has 0 spiro atoms. The van der Waals surface area contributed by atoms with E-state index < -0.39 is 21.7 Å². The Balaban J connectivity index is 1.36. The van der Waals surface area contributed by atoms with Gasteiger partial charge >= 0.3 is 5.97 Å². The second-order valence-corrected chi connectivity index (χ2v) is 15.7. The van der Waals surface area contributed by atoms with E-state index in [9.17, 15) is 13.2 Å². The summed E-state index contributed by atoms with van der Waals surface area (Å²) in [5, 5.41) is 4.25. The van der Waals surface area contributed by atoms with Crippen molar-refractivity contribution in [2.75, 3.05) is 12.9 Å². The predicted molar refractivity (Wildman–Crippen MR) is 151 cm³/mol. The normalized spacial score (nSPS) is 35.1. The van der Waals surface area contributed by atoms with Gasteiger partial charge in [-0.3, -0.25) is 4.79 Å². The first kappa shape index (κ1) is 27.9. The first-order valence-electron chi connectivity index (χ1n) is 15.0. The molecule has 4 aliphatic rings. The number of allylic oxidation sites excluding steroid dienone is 1. The molecule has 3 unspecified atom stereocenters. The molecule has 1 aromatic heterocycles. The maximum absolute atomic E-state index is 12.9. The molecular weight excluding hydrogens is 496 g/mol. The SMILES string of the molecule is COC(=O)CS(=O)(=O)n1ncc2c1C=C1CCC3C(CC[C@@]4(C)C3CC[C@@H]4[C@H](C)CCCC(C)C)[C@@]1(C)C2. The van der Waals surface area contributed by atoms with Crippen LogP contribution >= 0.6 is 0 Å². The Bertz CT molecular complexity index is 1200. The van der Waals surface area contributed by atoms with Gasteiger partial charge in [-0.25, -0.2) is 8.42 Å². The Hall–Kier alpha value is -1.63. The molecule has 1 heterocycles. The molecule has 0 amide bonds. The highest BCUT2D eigenvalue weighted by atomic mass is 32.2. The average molecular weight is 545 g/mol. The zero-order valence-corrected chi connectivity index (χ0v) is 25.1. The third-order valence-corrected chi connectivity index (χ3v) is 12.9. The van der Waals surface area contributed by atoms with Crippen LogP contribution in [0.15, 0.2) is 11.8 Å². The van der Waals surface area contributed by atoms with E-state index >= 15 is 0 Å². The van der Waals surface area contributed by atoms with Crippen molar-refractivity contribution in [2.24, 2.45) is 46.3 Å². The molecule has 0 bridgehead atoms. The summed E-state index contributed by atoms with van der Waals surface area (Å²) in [6, 6.07) is 0. The summed E-state index contributed by atoms with van der Waals surface area (Å²) in [4.78, 5) is 11.7. The van der Waals surface area contributed by atoms with Crippen LogP contribution in [0.25, 0.3) is 6.08 Å². The summed E-state index contributed by atoms with van der Waals surface area (Å²) >= 11 is 0. The molecule has 6 nitrogen and oxygen atoms in total. The molecule has 7 heteroatoms. The number of ether oxygens (including phenoxy) is 1. The van der Waals surface area contributed by atoms with E-state index in [0.717, 1.165) is 52.1 Å². The van der Waals surface area contributed by atoms with Crippen molar-refractivity contribution in [1.29, 1.82) is 0 Å². The quantitative estimate of drug-likeness (QED) is 0.349. The summed E-state index contributed by atoms with van der Waals surface area (Å²) in [5.74, 6) is 3.19. The third-order valence-electron chi connectivity index (χ3n) is 11.5. The van der Waals surface area contributed by atoms with Crippen LogP contribution in [0.4, 0.5) is 0 Å². The number of hydrogen-bond acceptors (Lipinski definition) is 5. The second kappa shape index (κ2) is 10.1. The number of hydrogen-bond donors (Lipinski definition) is 0. The molecule has 38 heavy (non-hydrogen) atoms. The molecule has 3 saturated carbocycles. The van der Waals surface area contributed by atoms with E-state index in [2.05, 4.69) is 50.5 Å². The van der Waals surface area contributed by atoms with E-state index in [1.165, 1.54) is 64.0 Å². The number of carbonyl (C=O) groups is 1. The highest BCUT2D eigenvalue weighted by Crippen LogP contribution is 2.67. The number of nitrogens with zero attached hydrogens (tertiary/aromatic N) is 2. The first-order valence-corrected chi connectivity index (χ1v) is 16.6. The van der Waals surface area contributed by atoms with Crippen LogP contribution in [0.3, 0.4) is 0 Å². The lowest BCUT2D eigenvalue weighted by molar-refractivity contribution is -0.137. The van der Waals surface area contributed by atoms with E-state index in [-0.39, 0.29) is 5.41 Å². The summed E-state index contributed by atoms with van der Waals surface area (Å²) in [6.07, 6.45) is 16.3. The fourth-order valence-electron chi connectivity index (χ4n) is 9.54. The van der Waals surface area contributed by atoms with Gasteiger partial charge in [0.15, 0.2) is 5.75 Å². The highest BCUT2D eigenvalue weighted by Gasteiger charge is 2.59. The second-order valence-electron chi connectivity index (χ2n) is 13.9. The number of rotatable bonds is 8. The summed E-state index contributed by atoms with van der Waals surface area (Å²) in [5.41, 5.74) is 3.51. The Morgan fingerprint density at radius 3 is 2.61 bits per heavy atom. The fourth-order valence-corrected chi connectivity index (χ4v) is 10.7. The summed E-state index contributed by atoms with van der Waals surface area (Å²) in [7, 11) is -2.70. The molecule has 4 aliphatic carbocycles. The van der Waals surface area contributed by atoms with Crippen LogP contribution in [0.5, 0.6) is 0 Å². The molecule has 212 valence electrons. The lowest BCUT2D eigenvalue weighted by Gasteiger charge is -2.58. The predicted octanol–water partition coefficient (Wildman–Crippen LogP) is 6.49. The molecule has 3 fully saturated rings. The molecule has 5 rings (SSSR count). The minimum Gasteiger partial charge on any atom is -0.468 e. The van der Waals surface area contributed by atoms with Gasteiger partial charge in [0, 0.05) is 0 Å². The smallest absolute Gasteiger partial charge is 0.322 e. The van der Waals surface area contributed by atoms with Gasteiger partial charge in [-0.05, 0) is 103 Å². The van der Waals surface area contributed by atoms with E-state index in [4.69, 9.17) is 0 Å². The lowest BCUT2D eigenvalue weighted by Crippen LogP contribution is -2.51. The van der Waals surface area contributed by atoms with Crippen LogP contribution < -0.4 is 0 Å². The van der Waals surface area contributed by atoms with Crippen molar-refractivity contribution < 1.29 is 17.9 Å². The van der Waals surface area contributed by atoms with Gasteiger partial charge < -0.3 is 4.74 Å². The highest BCUT2D eigenvalue weighted by molar-refractivity contribution is 7.90. The van der Waals surface area contributed by atoms with Crippen molar-refractivity contribution >= 4 is 22.1 Å². The van der Waals surface area contributed by atoms with Gasteiger partial charge in [-0.2, -0.15) is 9.19 Å². The Morgan fingerprint density at radius 2 is 1.89 bits per heavy atom. The Kier molecular flexibility index (Phi) is 7.41. The van der Waals surface area contributed by atoms with Crippen LogP contribution in [-0.4, -0.2) is 36.4 Å². The van der Waals surface area contributed by atoms with Crippen molar-refractivity contribution in [3.63, 3.8) is 0 Å². The molecule has 7 atom stereocenters. The van der Waals surface area contributed by atoms with Gasteiger partial charge in [-0.1, -0.05) is 59.5 Å². The first-order chi connectivity index (χ1) is 17.9. The van der Waals surface area contributed by atoms with Gasteiger partial charge in [-0.15, -0.1) is 0 Å². The molecule has 0 aliphatic heterocycles. The zero-order chi connectivity index (χ0) is 27.5. The third kappa shape index (κ3) is 4.58. The van der Waals surface area contributed by atoms with Crippen molar-refractivity contribution in [3.05, 3.63) is 23.0 Å². The average Bonchev–Trinajstić information content (AvgIpc) is 3.42. The van der Waals surface area contributed by atoms with Gasteiger partial charge in [0.25, 0.3) is 10.0 Å². The molecule has 0 N–H and O–H groups in total. The molecule has 0 radical (unpaired) electrons. The largest absolute Gasteiger partial charge is 0.468 e. The zero-order valence-electron chi connectivity index (χ0n) is 24.3. The maximum Gasteiger partial charge on any atom is 0.322 e. The van der Waals surface area contributed by atoms with Crippen LogP contribution in [0.1, 0.15) is 104 Å². The minimum atomic E-state index is -3.91. The maximum atomic E-state index is 12.9. The number of carbonyl (C=O) groups excluding carboxylic acids is 1. The van der Waals surface area contributed by atoms with Gasteiger partial charge in [0.2, 0.25) is 0 Å². The Morgan fingerprint density at radius 1 is 1.13 bits per heavy atom. The van der Waals surface area contributed by atoms with Gasteiger partial charge in [0.1, 0.15) is 0 Å². The summed E-state index contributed by atoms with van der Waals surface area (Å²) in [6.45, 7) is 12.3. The fraction of sp³-hybridized carbons (Fsp3) is 0.806. The van der Waals surface area contributed by atoms with E-state index in [0.29, 0.717) is 17.0 Å². The van der Waals surface area contributed by atoms with Crippen molar-refractivity contribution in [3.8, 4) is 0 Å². The number of fused-ring (bicyclic) bond motifs is 6. The molecular formula is C31H48N2O4S. The molecule has 0 aromatic carbocycles. The monoisotopic (exact) mass is 544 g/mol. The molecule has 0 saturated heterocycles. The van der Waals surface area contributed by atoms with Crippen molar-refractivity contribution in [1.82, 2.24) is 9.19 Å². The van der Waals surface area contributed by atoms with Crippen LogP contribution in [0, 0.1) is 46.3 Å². The summed E-state index contributed by atoms with van der Waals surface area (Å²) < 4.78 is 31.5. The lowest BCUT2D eigenvalue weighted by atomic mass is 9.46. The van der Waals surface area contributed by atoms with E-state index in [1.807, 2.05) is 0 Å². The minimum absolute atomic E-state index is 0.0538. The van der Waals surface area contributed by atoms with E-state index in [1.54, 1.807) is 6.20 Å². The number of esters is 1.